The molecule has 0 saturated carbocycles. The number of phenolic OH excluding ortho intramolecular Hbond substituents is 1. The minimum Gasteiger partial charge on any atom is -0.507 e. The highest BCUT2D eigenvalue weighted by atomic mass is 32.1. The van der Waals surface area contributed by atoms with E-state index in [1.165, 1.54) is 10.9 Å². The Morgan fingerprint density at radius 3 is 2.59 bits per heavy atom. The van der Waals surface area contributed by atoms with Gasteiger partial charge in [0, 0.05) is 11.6 Å². The molecule has 0 unspecified atom stereocenters. The van der Waals surface area contributed by atoms with Crippen molar-refractivity contribution >= 4 is 18.4 Å². The van der Waals surface area contributed by atoms with Crippen LogP contribution in [0, 0.1) is 18.6 Å². The zero-order valence-electron chi connectivity index (χ0n) is 16.7. The highest BCUT2D eigenvalue weighted by Crippen LogP contribution is 2.22. The minimum atomic E-state index is 0.0744. The molecule has 0 radical (unpaired) electrons. The lowest BCUT2D eigenvalue weighted by Crippen LogP contribution is -2.04. The van der Waals surface area contributed by atoms with Gasteiger partial charge in [-0.05, 0) is 67.9 Å². The fourth-order valence-corrected chi connectivity index (χ4v) is 2.96. The number of hydrogen-bond donors (Lipinski definition) is 2. The first-order valence-corrected chi connectivity index (χ1v) is 9.74. The normalized spacial score (nSPS) is 11.1. The summed E-state index contributed by atoms with van der Waals surface area (Å²) in [5.41, 5.74) is 2.79. The molecule has 0 aliphatic rings. The smallest absolute Gasteiger partial charge is 0.216 e. The Morgan fingerprint density at radius 2 is 1.90 bits per heavy atom. The third-order valence-corrected chi connectivity index (χ3v) is 4.33. The van der Waals surface area contributed by atoms with Crippen LogP contribution in [0.3, 0.4) is 0 Å². The first-order valence-electron chi connectivity index (χ1n) is 9.34. The number of aromatic hydroxyl groups is 1. The quantitative estimate of drug-likeness (QED) is 0.420. The van der Waals surface area contributed by atoms with Crippen LogP contribution < -0.4 is 9.47 Å². The van der Waals surface area contributed by atoms with Crippen LogP contribution in [0.25, 0.3) is 0 Å². The summed E-state index contributed by atoms with van der Waals surface area (Å²) in [5.74, 6) is 1.97. The van der Waals surface area contributed by atoms with Gasteiger partial charge in [0.1, 0.15) is 23.9 Å². The van der Waals surface area contributed by atoms with Gasteiger partial charge in [-0.15, -0.1) is 0 Å². The second-order valence-corrected chi connectivity index (χ2v) is 7.07. The Morgan fingerprint density at radius 1 is 1.14 bits per heavy atom. The van der Waals surface area contributed by atoms with Gasteiger partial charge in [-0.25, -0.2) is 5.10 Å². The molecule has 152 valence electrons. The Balaban J connectivity index is 1.75. The van der Waals surface area contributed by atoms with Crippen molar-refractivity contribution in [3.63, 3.8) is 0 Å². The van der Waals surface area contributed by atoms with Crippen LogP contribution in [0.5, 0.6) is 17.2 Å². The number of hydrogen-bond acceptors (Lipinski definition) is 6. The van der Waals surface area contributed by atoms with E-state index in [9.17, 15) is 5.11 Å². The van der Waals surface area contributed by atoms with Crippen molar-refractivity contribution in [1.29, 1.82) is 0 Å². The molecular weight excluding hydrogens is 388 g/mol. The molecule has 2 N–H and O–H groups in total. The predicted octanol–water partition coefficient (Wildman–Crippen LogP) is 4.51. The van der Waals surface area contributed by atoms with Crippen LogP contribution in [0.2, 0.25) is 0 Å². The molecule has 0 bridgehead atoms. The molecule has 0 aliphatic carbocycles. The third-order valence-electron chi connectivity index (χ3n) is 4.07. The van der Waals surface area contributed by atoms with E-state index in [2.05, 4.69) is 21.4 Å². The Labute approximate surface area is 174 Å². The minimum absolute atomic E-state index is 0.0744. The molecule has 3 aromatic rings. The van der Waals surface area contributed by atoms with E-state index < -0.39 is 0 Å². The number of aromatic nitrogens is 3. The number of H-pyrrole nitrogens is 1. The Kier molecular flexibility index (Phi) is 6.66. The monoisotopic (exact) mass is 412 g/mol. The van der Waals surface area contributed by atoms with Crippen LogP contribution >= 0.6 is 12.2 Å². The first-order chi connectivity index (χ1) is 14.0. The largest absolute Gasteiger partial charge is 0.507 e. The average molecular weight is 413 g/mol. The van der Waals surface area contributed by atoms with E-state index in [0.29, 0.717) is 28.5 Å². The molecule has 0 spiro atoms. The molecule has 0 fully saturated rings. The maximum absolute atomic E-state index is 10.2. The average Bonchev–Trinajstić information content (AvgIpc) is 3.03. The van der Waals surface area contributed by atoms with Crippen molar-refractivity contribution < 1.29 is 14.6 Å². The summed E-state index contributed by atoms with van der Waals surface area (Å²) in [6.07, 6.45) is 2.42. The van der Waals surface area contributed by atoms with Crippen molar-refractivity contribution in [1.82, 2.24) is 14.9 Å². The number of phenols is 1. The molecule has 0 saturated heterocycles. The van der Waals surface area contributed by atoms with Crippen molar-refractivity contribution in [2.75, 3.05) is 6.61 Å². The molecule has 1 aromatic heterocycles. The lowest BCUT2D eigenvalue weighted by atomic mass is 10.1. The molecule has 3 rings (SSSR count). The van der Waals surface area contributed by atoms with Crippen molar-refractivity contribution in [2.24, 2.45) is 5.10 Å². The van der Waals surface area contributed by atoms with Crippen LogP contribution in [-0.4, -0.2) is 32.8 Å². The van der Waals surface area contributed by atoms with Gasteiger partial charge < -0.3 is 14.6 Å². The fraction of sp³-hybridized carbons (Fsp3) is 0.286. The molecular formula is C21H24N4O3S. The summed E-state index contributed by atoms with van der Waals surface area (Å²) >= 11 is 5.26. The van der Waals surface area contributed by atoms with Gasteiger partial charge in [-0.1, -0.05) is 13.0 Å². The molecule has 0 atom stereocenters. The number of benzene rings is 2. The maximum Gasteiger partial charge on any atom is 0.216 e. The van der Waals surface area contributed by atoms with E-state index >= 15 is 0 Å². The van der Waals surface area contributed by atoms with Gasteiger partial charge in [0.15, 0.2) is 5.82 Å². The molecule has 29 heavy (non-hydrogen) atoms. The van der Waals surface area contributed by atoms with Crippen molar-refractivity contribution in [3.8, 4) is 17.2 Å². The molecule has 7 nitrogen and oxygen atoms in total. The van der Waals surface area contributed by atoms with E-state index in [0.717, 1.165) is 23.3 Å². The fourth-order valence-electron chi connectivity index (χ4n) is 2.76. The summed E-state index contributed by atoms with van der Waals surface area (Å²) in [5, 5.41) is 21.5. The van der Waals surface area contributed by atoms with E-state index in [1.54, 1.807) is 18.2 Å². The predicted molar refractivity (Wildman–Crippen MR) is 115 cm³/mol. The number of nitrogens with zero attached hydrogens (tertiary/aromatic N) is 3. The first kappa shape index (κ1) is 20.6. The molecule has 2 aromatic carbocycles. The second kappa shape index (κ2) is 9.38. The topological polar surface area (TPSA) is 84.7 Å². The zero-order chi connectivity index (χ0) is 20.8. The van der Waals surface area contributed by atoms with Gasteiger partial charge in [0.05, 0.1) is 12.8 Å². The highest BCUT2D eigenvalue weighted by molar-refractivity contribution is 7.71. The lowest BCUT2D eigenvalue weighted by molar-refractivity contribution is 0.290. The molecule has 1 heterocycles. The number of aromatic amines is 1. The van der Waals surface area contributed by atoms with Crippen molar-refractivity contribution in [3.05, 3.63) is 63.7 Å². The van der Waals surface area contributed by atoms with Crippen molar-refractivity contribution in [2.45, 2.75) is 33.8 Å². The molecule has 0 aliphatic heterocycles. The Hall–Kier alpha value is -3.13. The van der Waals surface area contributed by atoms with Crippen LogP contribution in [0.4, 0.5) is 0 Å². The third kappa shape index (κ3) is 5.45. The summed E-state index contributed by atoms with van der Waals surface area (Å²) < 4.78 is 13.2. The SMILES string of the molecule is CCCOc1ccc(/C=N/n2c(COc3cc(C)cc(C)c3)n[nH]c2=S)c(O)c1. The van der Waals surface area contributed by atoms with E-state index in [-0.39, 0.29) is 12.4 Å². The summed E-state index contributed by atoms with van der Waals surface area (Å²) in [6.45, 7) is 6.86. The van der Waals surface area contributed by atoms with Crippen LogP contribution in [-0.2, 0) is 6.61 Å². The van der Waals surface area contributed by atoms with Gasteiger partial charge in [0.25, 0.3) is 0 Å². The van der Waals surface area contributed by atoms with Crippen LogP contribution in [0.15, 0.2) is 41.5 Å². The Bertz CT molecular complexity index is 1050. The van der Waals surface area contributed by atoms with Crippen LogP contribution in [0.1, 0.15) is 35.9 Å². The molecule has 0 amide bonds. The van der Waals surface area contributed by atoms with Gasteiger partial charge in [-0.2, -0.15) is 14.9 Å². The number of aryl methyl sites for hydroxylation is 2. The number of nitrogens with one attached hydrogen (secondary N) is 1. The zero-order valence-corrected chi connectivity index (χ0v) is 17.5. The second-order valence-electron chi connectivity index (χ2n) is 6.68. The summed E-state index contributed by atoms with van der Waals surface area (Å²) in [4.78, 5) is 0. The summed E-state index contributed by atoms with van der Waals surface area (Å²) in [7, 11) is 0. The van der Waals surface area contributed by atoms with Gasteiger partial charge >= 0.3 is 0 Å². The lowest BCUT2D eigenvalue weighted by Gasteiger charge is -2.08. The van der Waals surface area contributed by atoms with E-state index in [1.807, 2.05) is 32.9 Å². The summed E-state index contributed by atoms with van der Waals surface area (Å²) in [6, 6.07) is 11.1. The van der Waals surface area contributed by atoms with E-state index in [4.69, 9.17) is 21.7 Å². The molecule has 8 heteroatoms. The number of rotatable bonds is 8. The standard InChI is InChI=1S/C21H24N4O3S/c1-4-7-27-17-6-5-16(19(26)11-17)12-22-25-20(23-24-21(25)29)13-28-18-9-14(2)8-15(3)10-18/h5-6,8-12,26H,4,7,13H2,1-3H3,(H,24,29)/b22-12+. The highest BCUT2D eigenvalue weighted by Gasteiger charge is 2.08. The van der Waals surface area contributed by atoms with Gasteiger partial charge in [0.2, 0.25) is 4.77 Å². The van der Waals surface area contributed by atoms with Gasteiger partial charge in [-0.3, -0.25) is 0 Å². The number of ether oxygens (including phenoxy) is 2. The maximum atomic E-state index is 10.2.